The van der Waals surface area contributed by atoms with Crippen LogP contribution in [-0.4, -0.2) is 11.0 Å². The molecule has 0 bridgehead atoms. The van der Waals surface area contributed by atoms with Crippen molar-refractivity contribution in [1.82, 2.24) is 4.98 Å². The fourth-order valence-corrected chi connectivity index (χ4v) is 3.09. The number of rotatable bonds is 1. The van der Waals surface area contributed by atoms with Gasteiger partial charge in [0.05, 0.1) is 5.56 Å². The van der Waals surface area contributed by atoms with Crippen LogP contribution in [0.5, 0.6) is 0 Å². The maximum Gasteiger partial charge on any atom is 0.339 e. The van der Waals surface area contributed by atoms with Crippen LogP contribution in [0.15, 0.2) is 53.1 Å². The second kappa shape index (κ2) is 4.21. The van der Waals surface area contributed by atoms with Crippen LogP contribution >= 0.6 is 15.9 Å². The van der Waals surface area contributed by atoms with Crippen LogP contribution in [0.25, 0.3) is 10.9 Å². The summed E-state index contributed by atoms with van der Waals surface area (Å²) in [7, 11) is 0. The number of hydrogen-bond donors (Lipinski definition) is 1. The second-order valence-electron chi connectivity index (χ2n) is 4.81. The molecule has 20 heavy (non-hydrogen) atoms. The van der Waals surface area contributed by atoms with E-state index < -0.39 is 0 Å². The van der Waals surface area contributed by atoms with E-state index in [1.165, 1.54) is 0 Å². The van der Waals surface area contributed by atoms with Gasteiger partial charge in [-0.25, -0.2) is 4.79 Å². The van der Waals surface area contributed by atoms with Crippen LogP contribution in [0.4, 0.5) is 0 Å². The van der Waals surface area contributed by atoms with Crippen molar-refractivity contribution in [3.8, 4) is 0 Å². The fourth-order valence-electron chi connectivity index (χ4n) is 2.71. The van der Waals surface area contributed by atoms with Crippen molar-refractivity contribution in [2.24, 2.45) is 0 Å². The van der Waals surface area contributed by atoms with Gasteiger partial charge in [-0.1, -0.05) is 34.1 Å². The maximum atomic E-state index is 12.0. The summed E-state index contributed by atoms with van der Waals surface area (Å²) in [5, 5.41) is 1.08. The summed E-state index contributed by atoms with van der Waals surface area (Å²) >= 11 is 3.45. The molecule has 3 nitrogen and oxygen atoms in total. The first-order valence-electron chi connectivity index (χ1n) is 6.30. The number of halogens is 1. The number of cyclic esters (lactones) is 1. The zero-order chi connectivity index (χ0) is 13.7. The van der Waals surface area contributed by atoms with E-state index in [1.807, 2.05) is 42.6 Å². The zero-order valence-electron chi connectivity index (χ0n) is 10.4. The average Bonchev–Trinajstić information content (AvgIpc) is 3.00. The Morgan fingerprint density at radius 2 is 1.95 bits per heavy atom. The summed E-state index contributed by atoms with van der Waals surface area (Å²) in [4.78, 5) is 15.2. The highest BCUT2D eigenvalue weighted by Gasteiger charge is 2.33. The van der Waals surface area contributed by atoms with Gasteiger partial charge in [-0.15, -0.1) is 0 Å². The maximum absolute atomic E-state index is 12.0. The van der Waals surface area contributed by atoms with Crippen LogP contribution in [0, 0.1) is 0 Å². The van der Waals surface area contributed by atoms with Gasteiger partial charge in [0.25, 0.3) is 0 Å². The van der Waals surface area contributed by atoms with Crippen molar-refractivity contribution in [3.05, 3.63) is 69.8 Å². The van der Waals surface area contributed by atoms with Crippen molar-refractivity contribution in [3.63, 3.8) is 0 Å². The highest BCUT2D eigenvalue weighted by molar-refractivity contribution is 9.10. The molecule has 0 fully saturated rings. The molecule has 98 valence electrons. The summed E-state index contributed by atoms with van der Waals surface area (Å²) in [5.74, 6) is -0.261. The molecular formula is C16H10BrNO2. The molecule has 0 saturated heterocycles. The summed E-state index contributed by atoms with van der Waals surface area (Å²) in [6, 6.07) is 13.6. The predicted octanol–water partition coefficient (Wildman–Crippen LogP) is 4.19. The molecule has 1 aromatic heterocycles. The Balaban J connectivity index is 1.93. The number of hydrogen-bond acceptors (Lipinski definition) is 2. The van der Waals surface area contributed by atoms with Gasteiger partial charge >= 0.3 is 5.97 Å². The van der Waals surface area contributed by atoms with Gasteiger partial charge < -0.3 is 9.72 Å². The molecule has 1 atom stereocenters. The Bertz CT molecular complexity index is 837. The molecule has 0 saturated carbocycles. The van der Waals surface area contributed by atoms with Crippen LogP contribution in [0.2, 0.25) is 0 Å². The lowest BCUT2D eigenvalue weighted by Gasteiger charge is -2.10. The first kappa shape index (κ1) is 11.7. The molecule has 0 amide bonds. The summed E-state index contributed by atoms with van der Waals surface area (Å²) in [6.45, 7) is 0. The highest BCUT2D eigenvalue weighted by atomic mass is 79.9. The van der Waals surface area contributed by atoms with Gasteiger partial charge in [-0.05, 0) is 24.3 Å². The molecule has 3 aromatic rings. The van der Waals surface area contributed by atoms with Crippen molar-refractivity contribution in [2.75, 3.05) is 0 Å². The molecule has 0 spiro atoms. The molecule has 0 aliphatic carbocycles. The normalized spacial score (nSPS) is 17.2. The van der Waals surface area contributed by atoms with Crippen LogP contribution < -0.4 is 0 Å². The molecule has 1 N–H and O–H groups in total. The first-order valence-corrected chi connectivity index (χ1v) is 7.10. The largest absolute Gasteiger partial charge is 0.449 e. The summed E-state index contributed by atoms with van der Waals surface area (Å²) in [5.41, 5.74) is 3.59. The minimum atomic E-state index is -0.342. The Morgan fingerprint density at radius 3 is 2.85 bits per heavy atom. The minimum absolute atomic E-state index is 0.261. The lowest BCUT2D eigenvalue weighted by molar-refractivity contribution is 0.0458. The fraction of sp³-hybridized carbons (Fsp3) is 0.0625. The predicted molar refractivity (Wildman–Crippen MR) is 79.7 cm³/mol. The number of nitrogens with one attached hydrogen (secondary N) is 1. The van der Waals surface area contributed by atoms with E-state index in [1.54, 1.807) is 6.07 Å². The first-order chi connectivity index (χ1) is 9.74. The van der Waals surface area contributed by atoms with E-state index in [0.717, 1.165) is 26.5 Å². The minimum Gasteiger partial charge on any atom is -0.449 e. The summed E-state index contributed by atoms with van der Waals surface area (Å²) in [6.07, 6.45) is 1.57. The number of ether oxygens (including phenoxy) is 1. The number of carbonyl (C=O) groups is 1. The SMILES string of the molecule is O=C1OC(c2c[nH]c3ccccc23)c2cc(Br)ccc21. The van der Waals surface area contributed by atoms with E-state index in [2.05, 4.69) is 20.9 Å². The molecule has 1 unspecified atom stereocenters. The van der Waals surface area contributed by atoms with E-state index >= 15 is 0 Å². The van der Waals surface area contributed by atoms with Gasteiger partial charge in [0.15, 0.2) is 6.10 Å². The van der Waals surface area contributed by atoms with Crippen LogP contribution in [-0.2, 0) is 4.74 Å². The van der Waals surface area contributed by atoms with E-state index in [4.69, 9.17) is 4.74 Å². The Morgan fingerprint density at radius 1 is 1.10 bits per heavy atom. The van der Waals surface area contributed by atoms with Gasteiger partial charge in [0, 0.05) is 32.7 Å². The van der Waals surface area contributed by atoms with Crippen molar-refractivity contribution in [1.29, 1.82) is 0 Å². The Labute approximate surface area is 123 Å². The van der Waals surface area contributed by atoms with Crippen molar-refractivity contribution >= 4 is 32.8 Å². The summed E-state index contributed by atoms with van der Waals surface area (Å²) < 4.78 is 6.50. The standard InChI is InChI=1S/C16H10BrNO2/c17-9-5-6-11-12(7-9)15(20-16(11)19)13-8-18-14-4-2-1-3-10(13)14/h1-8,15,18H. The van der Waals surface area contributed by atoms with Crippen LogP contribution in [0.3, 0.4) is 0 Å². The number of aromatic nitrogens is 1. The smallest absolute Gasteiger partial charge is 0.339 e. The van der Waals surface area contributed by atoms with Gasteiger partial charge in [0.2, 0.25) is 0 Å². The number of esters is 1. The quantitative estimate of drug-likeness (QED) is 0.681. The molecule has 4 heteroatoms. The Hall–Kier alpha value is -2.07. The van der Waals surface area contributed by atoms with Crippen molar-refractivity contribution in [2.45, 2.75) is 6.10 Å². The zero-order valence-corrected chi connectivity index (χ0v) is 12.0. The van der Waals surface area contributed by atoms with Gasteiger partial charge in [-0.2, -0.15) is 0 Å². The monoisotopic (exact) mass is 327 g/mol. The lowest BCUT2D eigenvalue weighted by Crippen LogP contribution is -1.99. The van der Waals surface area contributed by atoms with E-state index in [0.29, 0.717) is 5.56 Å². The topological polar surface area (TPSA) is 42.1 Å². The third-order valence-corrected chi connectivity index (χ3v) is 4.14. The third kappa shape index (κ3) is 1.61. The van der Waals surface area contributed by atoms with Gasteiger partial charge in [0.1, 0.15) is 0 Å². The number of carbonyl (C=O) groups excluding carboxylic acids is 1. The molecular weight excluding hydrogens is 318 g/mol. The number of benzene rings is 2. The number of fused-ring (bicyclic) bond motifs is 2. The molecule has 2 aromatic carbocycles. The van der Waals surface area contributed by atoms with Crippen molar-refractivity contribution < 1.29 is 9.53 Å². The van der Waals surface area contributed by atoms with Crippen LogP contribution in [0.1, 0.15) is 27.6 Å². The van der Waals surface area contributed by atoms with E-state index in [-0.39, 0.29) is 12.1 Å². The average molecular weight is 328 g/mol. The molecule has 4 rings (SSSR count). The highest BCUT2D eigenvalue weighted by Crippen LogP contribution is 2.39. The number of para-hydroxylation sites is 1. The molecule has 2 heterocycles. The third-order valence-electron chi connectivity index (χ3n) is 3.64. The lowest BCUT2D eigenvalue weighted by atomic mass is 9.99. The molecule has 1 aliphatic heterocycles. The molecule has 1 aliphatic rings. The second-order valence-corrected chi connectivity index (χ2v) is 5.72. The molecule has 0 radical (unpaired) electrons. The van der Waals surface area contributed by atoms with Gasteiger partial charge in [-0.3, -0.25) is 0 Å². The number of aromatic amines is 1. The van der Waals surface area contributed by atoms with E-state index in [9.17, 15) is 4.79 Å². The number of H-pyrrole nitrogens is 1. The Kier molecular flexibility index (Phi) is 2.47.